The van der Waals surface area contributed by atoms with Gasteiger partial charge in [-0.1, -0.05) is 0 Å². The summed E-state index contributed by atoms with van der Waals surface area (Å²) in [5.74, 6) is -0.541. The highest BCUT2D eigenvalue weighted by Crippen LogP contribution is 2.55. The van der Waals surface area contributed by atoms with Crippen LogP contribution in [0.5, 0.6) is 0 Å². The van der Waals surface area contributed by atoms with E-state index < -0.39 is 29.9 Å². The van der Waals surface area contributed by atoms with Crippen molar-refractivity contribution in [3.05, 3.63) is 34.3 Å². The zero-order chi connectivity index (χ0) is 18.0. The average molecular weight is 358 g/mol. The number of aliphatic hydroxyl groups excluding tert-OH is 3. The average Bonchev–Trinajstić information content (AvgIpc) is 3.03. The van der Waals surface area contributed by atoms with Crippen molar-refractivity contribution in [2.24, 2.45) is 5.41 Å². The van der Waals surface area contributed by atoms with Gasteiger partial charge in [0.1, 0.15) is 36.3 Å². The van der Waals surface area contributed by atoms with Gasteiger partial charge in [-0.05, 0) is 5.56 Å². The van der Waals surface area contributed by atoms with E-state index >= 15 is 0 Å². The molecule has 0 amide bonds. The van der Waals surface area contributed by atoms with Gasteiger partial charge in [0, 0.05) is 36.6 Å². The lowest BCUT2D eigenvalue weighted by molar-refractivity contribution is -0.966. The predicted molar refractivity (Wildman–Crippen MR) is 86.0 cm³/mol. The standard InChI is InChI=1S/C18H19N3O5/c22-7-3-8(23)18-4-9(24)20-13-11(18)15-10-6(5-19-12(10)16(13)25)1-2-21(15)14(7)17(18)26/h5,7,9,14-15,17,19-20,22,24,26H,1-4H2/p+1/t7-,9-,14-,15?,17+,18-/m1/s1. The lowest BCUT2D eigenvalue weighted by atomic mass is 9.53. The molecular formula is C18H20N3O5+. The molecule has 6 rings (SSSR count). The zero-order valence-electron chi connectivity index (χ0n) is 14.0. The van der Waals surface area contributed by atoms with Gasteiger partial charge < -0.3 is 30.5 Å². The first kappa shape index (κ1) is 15.1. The van der Waals surface area contributed by atoms with Crippen LogP contribution in [0.3, 0.4) is 0 Å². The third-order valence-corrected chi connectivity index (χ3v) is 7.25. The first-order valence-electron chi connectivity index (χ1n) is 9.14. The van der Waals surface area contributed by atoms with E-state index in [1.54, 1.807) is 0 Å². The summed E-state index contributed by atoms with van der Waals surface area (Å²) >= 11 is 0. The Morgan fingerprint density at radius 1 is 1.23 bits per heavy atom. The molecule has 136 valence electrons. The number of aromatic amines is 1. The Balaban J connectivity index is 1.72. The molecule has 1 aromatic rings. The molecule has 1 saturated heterocycles. The fourth-order valence-corrected chi connectivity index (χ4v) is 6.32. The van der Waals surface area contributed by atoms with Crippen molar-refractivity contribution in [1.82, 2.24) is 10.3 Å². The summed E-state index contributed by atoms with van der Waals surface area (Å²) in [5.41, 5.74) is 2.03. The van der Waals surface area contributed by atoms with E-state index in [-0.39, 0.29) is 36.1 Å². The van der Waals surface area contributed by atoms with E-state index in [0.29, 0.717) is 17.8 Å². The van der Waals surface area contributed by atoms with Gasteiger partial charge >= 0.3 is 0 Å². The minimum absolute atomic E-state index is 0.0290. The van der Waals surface area contributed by atoms with E-state index in [4.69, 9.17) is 0 Å². The summed E-state index contributed by atoms with van der Waals surface area (Å²) in [6.45, 7) is 0.714. The molecule has 0 radical (unpaired) electrons. The van der Waals surface area contributed by atoms with Gasteiger partial charge in [0.05, 0.1) is 23.4 Å². The Hall–Kier alpha value is -2.00. The quantitative estimate of drug-likeness (QED) is 0.300. The Morgan fingerprint density at radius 3 is 2.85 bits per heavy atom. The van der Waals surface area contributed by atoms with Crippen molar-refractivity contribution in [2.75, 3.05) is 6.54 Å². The van der Waals surface area contributed by atoms with Crippen molar-refractivity contribution in [3.63, 3.8) is 0 Å². The number of H-pyrrole nitrogens is 1. The molecule has 26 heavy (non-hydrogen) atoms. The smallest absolute Gasteiger partial charge is 0.225 e. The largest absolute Gasteiger partial charge is 0.386 e. The van der Waals surface area contributed by atoms with Crippen LogP contribution in [-0.4, -0.2) is 62.9 Å². The number of carbonyl (C=O) groups excluding carboxylic acids is 2. The number of fused-ring (bicyclic) bond motifs is 2. The van der Waals surface area contributed by atoms with Crippen LogP contribution in [0.4, 0.5) is 0 Å². The monoisotopic (exact) mass is 358 g/mol. The van der Waals surface area contributed by atoms with Gasteiger partial charge in [-0.15, -0.1) is 0 Å². The number of aromatic nitrogens is 1. The van der Waals surface area contributed by atoms with Crippen LogP contribution in [0.2, 0.25) is 0 Å². The number of ketones is 2. The second kappa shape index (κ2) is 4.45. The molecule has 6 N–H and O–H groups in total. The van der Waals surface area contributed by atoms with Crippen molar-refractivity contribution >= 4 is 11.6 Å². The molecule has 3 aliphatic heterocycles. The van der Waals surface area contributed by atoms with Gasteiger partial charge in [0.25, 0.3) is 0 Å². The van der Waals surface area contributed by atoms with E-state index in [9.17, 15) is 24.9 Å². The highest BCUT2D eigenvalue weighted by Gasteiger charge is 2.70. The molecule has 2 aliphatic carbocycles. The van der Waals surface area contributed by atoms with Gasteiger partial charge in [-0.2, -0.15) is 0 Å². The number of rotatable bonds is 0. The first-order chi connectivity index (χ1) is 12.4. The summed E-state index contributed by atoms with van der Waals surface area (Å²) in [6, 6.07) is -0.753. The number of nitrogens with one attached hydrogen (secondary N) is 3. The minimum Gasteiger partial charge on any atom is -0.386 e. The molecule has 5 aliphatic rings. The zero-order valence-corrected chi connectivity index (χ0v) is 14.0. The third kappa shape index (κ3) is 1.41. The summed E-state index contributed by atoms with van der Waals surface area (Å²) < 4.78 is 0. The van der Waals surface area contributed by atoms with Gasteiger partial charge in [0.15, 0.2) is 0 Å². The molecule has 8 nitrogen and oxygen atoms in total. The predicted octanol–water partition coefficient (Wildman–Crippen LogP) is -2.68. The molecule has 2 fully saturated rings. The van der Waals surface area contributed by atoms with Crippen molar-refractivity contribution in [2.45, 2.75) is 49.8 Å². The van der Waals surface area contributed by atoms with Gasteiger partial charge in [-0.25, -0.2) is 0 Å². The van der Waals surface area contributed by atoms with Gasteiger partial charge in [0.2, 0.25) is 5.78 Å². The maximum absolute atomic E-state index is 13.1. The topological polar surface area (TPSA) is 127 Å². The van der Waals surface area contributed by atoms with Crippen LogP contribution in [0.15, 0.2) is 17.5 Å². The number of allylic oxidation sites excluding steroid dienone is 1. The highest BCUT2D eigenvalue weighted by molar-refractivity contribution is 6.12. The van der Waals surface area contributed by atoms with Crippen LogP contribution in [-0.2, 0) is 11.2 Å². The molecule has 8 heteroatoms. The fourth-order valence-electron chi connectivity index (χ4n) is 6.32. The summed E-state index contributed by atoms with van der Waals surface area (Å²) in [4.78, 5) is 30.3. The maximum atomic E-state index is 13.1. The van der Waals surface area contributed by atoms with E-state index in [1.807, 2.05) is 6.20 Å². The lowest BCUT2D eigenvalue weighted by Gasteiger charge is -2.60. The van der Waals surface area contributed by atoms with Crippen LogP contribution < -0.4 is 10.2 Å². The van der Waals surface area contributed by atoms with Crippen LogP contribution in [0, 0.1) is 5.41 Å². The molecule has 2 bridgehead atoms. The number of aliphatic hydroxyl groups is 3. The molecule has 1 spiro atoms. The summed E-state index contributed by atoms with van der Waals surface area (Å²) in [7, 11) is 0. The van der Waals surface area contributed by atoms with Crippen LogP contribution in [0.1, 0.15) is 40.5 Å². The van der Waals surface area contributed by atoms with E-state index in [2.05, 4.69) is 10.3 Å². The van der Waals surface area contributed by atoms with E-state index in [0.717, 1.165) is 22.4 Å². The highest BCUT2D eigenvalue weighted by atomic mass is 16.3. The SMILES string of the molecule is O=C1C2=C3C4c5c(c[nH]c51)CC[NH+]4[C@@H]1[C@H](O)CC(=O)[C@@]3(C[C@@H](O)N2)[C@H]1O. The molecule has 1 saturated carbocycles. The Bertz CT molecular complexity index is 920. The molecule has 1 aromatic heterocycles. The number of carbonyl (C=O) groups is 2. The first-order valence-corrected chi connectivity index (χ1v) is 9.14. The molecule has 0 aromatic carbocycles. The Morgan fingerprint density at radius 2 is 2.04 bits per heavy atom. The second-order valence-electron chi connectivity index (χ2n) is 8.23. The van der Waals surface area contributed by atoms with Gasteiger partial charge in [-0.3, -0.25) is 9.59 Å². The summed E-state index contributed by atoms with van der Waals surface area (Å²) in [6.07, 6.45) is -0.545. The molecule has 4 heterocycles. The number of Topliss-reactive ketones (excluding diaryl/α,β-unsaturated/α-hetero) is 2. The molecule has 2 unspecified atom stereocenters. The maximum Gasteiger partial charge on any atom is 0.225 e. The molecule has 7 atom stereocenters. The lowest BCUT2D eigenvalue weighted by Crippen LogP contribution is -3.22. The third-order valence-electron chi connectivity index (χ3n) is 7.25. The second-order valence-corrected chi connectivity index (χ2v) is 8.23. The number of piperidine rings is 1. The minimum atomic E-state index is -1.29. The van der Waals surface area contributed by atoms with Crippen molar-refractivity contribution < 1.29 is 29.8 Å². The van der Waals surface area contributed by atoms with Crippen molar-refractivity contribution in [3.8, 4) is 0 Å². The van der Waals surface area contributed by atoms with Crippen molar-refractivity contribution in [1.29, 1.82) is 0 Å². The number of hydrogen-bond acceptors (Lipinski definition) is 6. The van der Waals surface area contributed by atoms with E-state index in [1.165, 1.54) is 0 Å². The fraction of sp³-hybridized carbons (Fsp3) is 0.556. The number of quaternary nitrogens is 1. The Kier molecular flexibility index (Phi) is 2.59. The normalized spacial score (nSPS) is 45.3. The van der Waals surface area contributed by atoms with Crippen LogP contribution in [0.25, 0.3) is 0 Å². The van der Waals surface area contributed by atoms with Crippen LogP contribution >= 0.6 is 0 Å². The molecular weight excluding hydrogens is 338 g/mol. The number of hydrogen-bond donors (Lipinski definition) is 6. The summed E-state index contributed by atoms with van der Waals surface area (Å²) in [5, 5.41) is 35.1. The Labute approximate surface area is 148 Å².